The van der Waals surface area contributed by atoms with Crippen molar-refractivity contribution in [2.24, 2.45) is 0 Å². The number of hydrogen-bond donors (Lipinski definition) is 0. The fraction of sp³-hybridized carbons (Fsp3) is 0.148. The molecule has 5 heteroatoms. The van der Waals surface area contributed by atoms with Crippen LogP contribution in [-0.2, 0) is 13.0 Å². The molecule has 0 aromatic heterocycles. The van der Waals surface area contributed by atoms with Crippen molar-refractivity contribution < 1.29 is 9.47 Å². The van der Waals surface area contributed by atoms with E-state index in [1.165, 1.54) is 0 Å². The standard InChI is InChI=1S/C27H23BrClNO2/c1-3-5-22-14-20(15-23(17-30)21-8-10-24(28)11-9-21)16-26(31-4-2)27(22)32-18-19-6-12-25(29)13-7-19/h3,6-16H,1,4-5,18H2,2H3/b23-15+. The lowest BCUT2D eigenvalue weighted by molar-refractivity contribution is 0.267. The zero-order valence-electron chi connectivity index (χ0n) is 17.8. The van der Waals surface area contributed by atoms with Gasteiger partial charge in [0.25, 0.3) is 0 Å². The van der Waals surface area contributed by atoms with E-state index in [1.54, 1.807) is 0 Å². The van der Waals surface area contributed by atoms with Crippen molar-refractivity contribution in [3.63, 3.8) is 0 Å². The second-order valence-electron chi connectivity index (χ2n) is 7.02. The minimum atomic E-state index is 0.388. The van der Waals surface area contributed by atoms with Crippen LogP contribution in [0.15, 0.2) is 77.8 Å². The molecule has 162 valence electrons. The Kier molecular flexibility index (Phi) is 8.56. The van der Waals surface area contributed by atoms with Gasteiger partial charge >= 0.3 is 0 Å². The van der Waals surface area contributed by atoms with Gasteiger partial charge in [-0.3, -0.25) is 0 Å². The first kappa shape index (κ1) is 23.7. The van der Waals surface area contributed by atoms with Crippen LogP contribution in [0.5, 0.6) is 11.5 Å². The summed E-state index contributed by atoms with van der Waals surface area (Å²) in [4.78, 5) is 0. The molecule has 3 aromatic rings. The Labute approximate surface area is 202 Å². The molecule has 0 bridgehead atoms. The molecule has 0 saturated carbocycles. The molecule has 3 aromatic carbocycles. The SMILES string of the molecule is C=CCc1cc(/C=C(\C#N)c2ccc(Br)cc2)cc(OCC)c1OCc1ccc(Cl)cc1. The van der Waals surface area contributed by atoms with Gasteiger partial charge in [0.2, 0.25) is 0 Å². The predicted octanol–water partition coefficient (Wildman–Crippen LogP) is 7.87. The fourth-order valence-electron chi connectivity index (χ4n) is 3.21. The molecule has 0 unspecified atom stereocenters. The zero-order valence-corrected chi connectivity index (χ0v) is 20.1. The largest absolute Gasteiger partial charge is 0.490 e. The molecule has 3 nitrogen and oxygen atoms in total. The maximum absolute atomic E-state index is 9.73. The van der Waals surface area contributed by atoms with E-state index in [1.807, 2.05) is 79.7 Å². The van der Waals surface area contributed by atoms with Gasteiger partial charge in [-0.15, -0.1) is 6.58 Å². The third kappa shape index (κ3) is 6.26. The van der Waals surface area contributed by atoms with Crippen LogP contribution in [0.2, 0.25) is 5.02 Å². The summed E-state index contributed by atoms with van der Waals surface area (Å²) in [5.74, 6) is 1.32. The third-order valence-electron chi connectivity index (χ3n) is 4.70. The van der Waals surface area contributed by atoms with Gasteiger partial charge in [0.1, 0.15) is 6.61 Å². The summed E-state index contributed by atoms with van der Waals surface area (Å²) in [6.07, 6.45) is 4.30. The molecule has 0 radical (unpaired) electrons. The lowest BCUT2D eigenvalue weighted by Gasteiger charge is -2.17. The van der Waals surface area contributed by atoms with E-state index in [0.29, 0.717) is 41.7 Å². The number of hydrogen-bond acceptors (Lipinski definition) is 3. The molecular weight excluding hydrogens is 486 g/mol. The number of benzene rings is 3. The maximum atomic E-state index is 9.73. The van der Waals surface area contributed by atoms with E-state index in [9.17, 15) is 5.26 Å². The van der Waals surface area contributed by atoms with Crippen LogP contribution in [-0.4, -0.2) is 6.61 Å². The minimum Gasteiger partial charge on any atom is -0.490 e. The van der Waals surface area contributed by atoms with E-state index in [0.717, 1.165) is 26.7 Å². The first-order valence-electron chi connectivity index (χ1n) is 10.2. The van der Waals surface area contributed by atoms with Crippen molar-refractivity contribution in [3.8, 4) is 17.6 Å². The van der Waals surface area contributed by atoms with Gasteiger partial charge in [-0.2, -0.15) is 5.26 Å². The number of rotatable bonds is 9. The molecule has 0 heterocycles. The Morgan fingerprint density at radius 1 is 1.09 bits per heavy atom. The Balaban J connectivity index is 1.99. The van der Waals surface area contributed by atoms with Crippen molar-refractivity contribution in [2.45, 2.75) is 20.0 Å². The maximum Gasteiger partial charge on any atom is 0.165 e. The van der Waals surface area contributed by atoms with Gasteiger partial charge in [0.05, 0.1) is 18.2 Å². The van der Waals surface area contributed by atoms with Crippen molar-refractivity contribution in [1.82, 2.24) is 0 Å². The average Bonchev–Trinajstić information content (AvgIpc) is 2.79. The molecule has 0 spiro atoms. The molecule has 0 atom stereocenters. The summed E-state index contributed by atoms with van der Waals surface area (Å²) >= 11 is 9.41. The number of allylic oxidation sites excluding steroid dienone is 2. The summed E-state index contributed by atoms with van der Waals surface area (Å²) in [6, 6.07) is 21.4. The van der Waals surface area contributed by atoms with E-state index in [-0.39, 0.29) is 0 Å². The van der Waals surface area contributed by atoms with Gasteiger partial charge in [-0.05, 0) is 72.5 Å². The average molecular weight is 509 g/mol. The van der Waals surface area contributed by atoms with Gasteiger partial charge < -0.3 is 9.47 Å². The zero-order chi connectivity index (χ0) is 22.9. The van der Waals surface area contributed by atoms with Crippen LogP contribution < -0.4 is 9.47 Å². The van der Waals surface area contributed by atoms with Gasteiger partial charge in [-0.25, -0.2) is 0 Å². The van der Waals surface area contributed by atoms with Crippen LogP contribution in [0, 0.1) is 11.3 Å². The number of halogens is 2. The smallest absolute Gasteiger partial charge is 0.165 e. The third-order valence-corrected chi connectivity index (χ3v) is 5.48. The van der Waals surface area contributed by atoms with Crippen LogP contribution in [0.4, 0.5) is 0 Å². The lowest BCUT2D eigenvalue weighted by atomic mass is 10.0. The summed E-state index contributed by atoms with van der Waals surface area (Å²) < 4.78 is 13.1. The molecule has 0 saturated heterocycles. The highest BCUT2D eigenvalue weighted by Crippen LogP contribution is 2.36. The first-order valence-corrected chi connectivity index (χ1v) is 11.4. The molecule has 0 aliphatic rings. The van der Waals surface area contributed by atoms with Gasteiger partial charge in [0, 0.05) is 15.1 Å². The van der Waals surface area contributed by atoms with Crippen molar-refractivity contribution in [1.29, 1.82) is 5.26 Å². The van der Waals surface area contributed by atoms with E-state index in [2.05, 4.69) is 28.6 Å². The number of nitriles is 1. The highest BCUT2D eigenvalue weighted by atomic mass is 79.9. The second-order valence-corrected chi connectivity index (χ2v) is 8.38. The Morgan fingerprint density at radius 2 is 1.81 bits per heavy atom. The predicted molar refractivity (Wildman–Crippen MR) is 135 cm³/mol. The summed E-state index contributed by atoms with van der Waals surface area (Å²) in [5, 5.41) is 10.4. The second kappa shape index (κ2) is 11.6. The molecule has 0 fully saturated rings. The molecule has 0 amide bonds. The molecule has 3 rings (SSSR count). The fourth-order valence-corrected chi connectivity index (χ4v) is 3.60. The van der Waals surface area contributed by atoms with Crippen molar-refractivity contribution in [3.05, 3.63) is 105 Å². The summed E-state index contributed by atoms with van der Waals surface area (Å²) in [5.41, 5.74) is 4.23. The quantitative estimate of drug-likeness (QED) is 0.168. The van der Waals surface area contributed by atoms with Gasteiger partial charge in [0.15, 0.2) is 11.5 Å². The van der Waals surface area contributed by atoms with Gasteiger partial charge in [-0.1, -0.05) is 57.9 Å². The highest BCUT2D eigenvalue weighted by molar-refractivity contribution is 9.10. The number of nitrogens with zero attached hydrogens (tertiary/aromatic N) is 1. The monoisotopic (exact) mass is 507 g/mol. The Morgan fingerprint density at radius 3 is 2.44 bits per heavy atom. The molecule has 0 aliphatic carbocycles. The molecule has 0 aliphatic heterocycles. The molecule has 0 N–H and O–H groups in total. The van der Waals surface area contributed by atoms with Crippen LogP contribution in [0.3, 0.4) is 0 Å². The van der Waals surface area contributed by atoms with Crippen LogP contribution >= 0.6 is 27.5 Å². The number of ether oxygens (including phenoxy) is 2. The molecular formula is C27H23BrClNO2. The van der Waals surface area contributed by atoms with E-state index in [4.69, 9.17) is 21.1 Å². The van der Waals surface area contributed by atoms with Crippen LogP contribution in [0.25, 0.3) is 11.6 Å². The van der Waals surface area contributed by atoms with E-state index < -0.39 is 0 Å². The topological polar surface area (TPSA) is 42.2 Å². The van der Waals surface area contributed by atoms with Crippen molar-refractivity contribution in [2.75, 3.05) is 6.61 Å². The molecule has 32 heavy (non-hydrogen) atoms. The summed E-state index contributed by atoms with van der Waals surface area (Å²) in [6.45, 7) is 6.70. The first-order chi connectivity index (χ1) is 15.5. The normalized spacial score (nSPS) is 11.0. The summed E-state index contributed by atoms with van der Waals surface area (Å²) in [7, 11) is 0. The van der Waals surface area contributed by atoms with E-state index >= 15 is 0 Å². The minimum absolute atomic E-state index is 0.388. The lowest BCUT2D eigenvalue weighted by Crippen LogP contribution is -2.03. The highest BCUT2D eigenvalue weighted by Gasteiger charge is 2.14. The van der Waals surface area contributed by atoms with Crippen LogP contribution in [0.1, 0.15) is 29.2 Å². The van der Waals surface area contributed by atoms with Crippen molar-refractivity contribution >= 4 is 39.2 Å². The Hall–Kier alpha value is -3.00. The Bertz CT molecular complexity index is 1150.